The molecular formula is C14H30N4O. The Morgan fingerprint density at radius 2 is 1.74 bits per heavy atom. The van der Waals surface area contributed by atoms with Gasteiger partial charge in [0.05, 0.1) is 6.54 Å². The van der Waals surface area contributed by atoms with Crippen LogP contribution in [0.3, 0.4) is 0 Å². The number of nitrogens with zero attached hydrogens (tertiary/aromatic N) is 2. The van der Waals surface area contributed by atoms with Crippen molar-refractivity contribution in [1.82, 2.24) is 15.1 Å². The van der Waals surface area contributed by atoms with E-state index in [-0.39, 0.29) is 11.4 Å². The summed E-state index contributed by atoms with van der Waals surface area (Å²) in [5, 5.41) is 3.01. The van der Waals surface area contributed by atoms with Gasteiger partial charge in [-0.15, -0.1) is 0 Å². The molecule has 1 rings (SSSR count). The molecule has 5 nitrogen and oxygen atoms in total. The fraction of sp³-hybridized carbons (Fsp3) is 0.929. The summed E-state index contributed by atoms with van der Waals surface area (Å²) in [5.41, 5.74) is 5.51. The smallest absolute Gasteiger partial charge is 0.234 e. The number of hydrogen-bond donors (Lipinski definition) is 2. The standard InChI is InChI=1S/C14H30N4O/c1-12(9-15)10-17-5-7-18(8-6-17)11-13(19)16-14(2,3)4/h12H,5-11,15H2,1-4H3,(H,16,19). The Morgan fingerprint density at radius 3 is 2.21 bits per heavy atom. The van der Waals surface area contributed by atoms with Crippen LogP contribution in [-0.4, -0.2) is 67.1 Å². The maximum Gasteiger partial charge on any atom is 0.234 e. The predicted octanol–water partition coefficient (Wildman–Crippen LogP) is 0.114. The third-order valence-electron chi connectivity index (χ3n) is 3.32. The van der Waals surface area contributed by atoms with E-state index in [0.29, 0.717) is 12.5 Å². The minimum atomic E-state index is -0.143. The Bertz CT molecular complexity index is 280. The quantitative estimate of drug-likeness (QED) is 0.744. The number of amides is 1. The molecule has 1 fully saturated rings. The van der Waals surface area contributed by atoms with Gasteiger partial charge in [-0.05, 0) is 33.2 Å². The second-order valence-corrected chi connectivity index (χ2v) is 6.72. The van der Waals surface area contributed by atoms with E-state index in [9.17, 15) is 4.79 Å². The maximum atomic E-state index is 11.8. The molecule has 1 atom stereocenters. The zero-order chi connectivity index (χ0) is 14.5. The van der Waals surface area contributed by atoms with Gasteiger partial charge in [-0.25, -0.2) is 0 Å². The van der Waals surface area contributed by atoms with Crippen molar-refractivity contribution >= 4 is 5.91 Å². The van der Waals surface area contributed by atoms with Crippen LogP contribution in [0, 0.1) is 5.92 Å². The number of piperazine rings is 1. The van der Waals surface area contributed by atoms with Gasteiger partial charge >= 0.3 is 0 Å². The molecule has 3 N–H and O–H groups in total. The third kappa shape index (κ3) is 6.89. The molecule has 1 saturated heterocycles. The first-order chi connectivity index (χ1) is 8.80. The Balaban J connectivity index is 2.25. The summed E-state index contributed by atoms with van der Waals surface area (Å²) in [6, 6.07) is 0. The van der Waals surface area contributed by atoms with Crippen molar-refractivity contribution in [1.29, 1.82) is 0 Å². The highest BCUT2D eigenvalue weighted by Gasteiger charge is 2.21. The van der Waals surface area contributed by atoms with E-state index < -0.39 is 0 Å². The lowest BCUT2D eigenvalue weighted by Crippen LogP contribution is -2.52. The van der Waals surface area contributed by atoms with Crippen LogP contribution >= 0.6 is 0 Å². The van der Waals surface area contributed by atoms with Gasteiger partial charge < -0.3 is 16.0 Å². The second-order valence-electron chi connectivity index (χ2n) is 6.72. The average Bonchev–Trinajstić information content (AvgIpc) is 2.29. The molecule has 0 radical (unpaired) electrons. The lowest BCUT2D eigenvalue weighted by atomic mass is 10.1. The van der Waals surface area contributed by atoms with Crippen LogP contribution in [0.15, 0.2) is 0 Å². The molecule has 1 unspecified atom stereocenters. The normalized spacial score (nSPS) is 20.3. The number of nitrogens with one attached hydrogen (secondary N) is 1. The number of carbonyl (C=O) groups is 1. The fourth-order valence-electron chi connectivity index (χ4n) is 2.31. The zero-order valence-corrected chi connectivity index (χ0v) is 12.9. The molecule has 5 heteroatoms. The Hall–Kier alpha value is -0.650. The molecule has 1 aliphatic rings. The van der Waals surface area contributed by atoms with Gasteiger partial charge in [0, 0.05) is 38.3 Å². The number of carbonyl (C=O) groups excluding carboxylic acids is 1. The highest BCUT2D eigenvalue weighted by molar-refractivity contribution is 5.78. The van der Waals surface area contributed by atoms with Gasteiger partial charge in [-0.2, -0.15) is 0 Å². The Labute approximate surface area is 117 Å². The number of nitrogens with two attached hydrogens (primary N) is 1. The first kappa shape index (κ1) is 16.4. The summed E-state index contributed by atoms with van der Waals surface area (Å²) in [4.78, 5) is 16.5. The zero-order valence-electron chi connectivity index (χ0n) is 12.9. The average molecular weight is 270 g/mol. The lowest BCUT2D eigenvalue weighted by Gasteiger charge is -2.35. The molecule has 112 valence electrons. The van der Waals surface area contributed by atoms with Crippen LogP contribution in [-0.2, 0) is 4.79 Å². The van der Waals surface area contributed by atoms with E-state index in [1.807, 2.05) is 20.8 Å². The van der Waals surface area contributed by atoms with E-state index in [2.05, 4.69) is 22.0 Å². The first-order valence-corrected chi connectivity index (χ1v) is 7.26. The van der Waals surface area contributed by atoms with Crippen LogP contribution in [0.4, 0.5) is 0 Å². The summed E-state index contributed by atoms with van der Waals surface area (Å²) in [6.45, 7) is 14.5. The van der Waals surface area contributed by atoms with Crippen LogP contribution < -0.4 is 11.1 Å². The molecule has 0 saturated carbocycles. The van der Waals surface area contributed by atoms with E-state index in [0.717, 1.165) is 39.3 Å². The number of rotatable bonds is 5. The van der Waals surface area contributed by atoms with E-state index in [1.165, 1.54) is 0 Å². The van der Waals surface area contributed by atoms with Crippen molar-refractivity contribution < 1.29 is 4.79 Å². The molecule has 1 heterocycles. The molecule has 1 aliphatic heterocycles. The van der Waals surface area contributed by atoms with Crippen molar-refractivity contribution in [3.05, 3.63) is 0 Å². The molecule has 0 aromatic rings. The summed E-state index contributed by atoms with van der Waals surface area (Å²) in [7, 11) is 0. The lowest BCUT2D eigenvalue weighted by molar-refractivity contribution is -0.124. The largest absolute Gasteiger partial charge is 0.350 e. The SMILES string of the molecule is CC(CN)CN1CCN(CC(=O)NC(C)(C)C)CC1. The van der Waals surface area contributed by atoms with Crippen molar-refractivity contribution in [2.75, 3.05) is 45.8 Å². The van der Waals surface area contributed by atoms with Gasteiger partial charge in [0.1, 0.15) is 0 Å². The molecular weight excluding hydrogens is 240 g/mol. The summed E-state index contributed by atoms with van der Waals surface area (Å²) >= 11 is 0. The maximum absolute atomic E-state index is 11.8. The molecule has 0 aromatic carbocycles. The van der Waals surface area contributed by atoms with Crippen LogP contribution in [0.2, 0.25) is 0 Å². The van der Waals surface area contributed by atoms with Gasteiger partial charge in [0.25, 0.3) is 0 Å². The van der Waals surface area contributed by atoms with Gasteiger partial charge in [-0.1, -0.05) is 6.92 Å². The van der Waals surface area contributed by atoms with Gasteiger partial charge in [0.2, 0.25) is 5.91 Å². The molecule has 0 aromatic heterocycles. The van der Waals surface area contributed by atoms with Crippen LogP contribution in [0.5, 0.6) is 0 Å². The van der Waals surface area contributed by atoms with Gasteiger partial charge in [0.15, 0.2) is 0 Å². The highest BCUT2D eigenvalue weighted by Crippen LogP contribution is 2.05. The van der Waals surface area contributed by atoms with Crippen LogP contribution in [0.25, 0.3) is 0 Å². The monoisotopic (exact) mass is 270 g/mol. The highest BCUT2D eigenvalue weighted by atomic mass is 16.2. The van der Waals surface area contributed by atoms with Crippen molar-refractivity contribution in [2.24, 2.45) is 11.7 Å². The summed E-state index contributed by atoms with van der Waals surface area (Å²) in [6.07, 6.45) is 0. The minimum absolute atomic E-state index is 0.122. The van der Waals surface area contributed by atoms with E-state index >= 15 is 0 Å². The first-order valence-electron chi connectivity index (χ1n) is 7.26. The number of hydrogen-bond acceptors (Lipinski definition) is 4. The van der Waals surface area contributed by atoms with E-state index in [4.69, 9.17) is 5.73 Å². The molecule has 1 amide bonds. The third-order valence-corrected chi connectivity index (χ3v) is 3.32. The Morgan fingerprint density at radius 1 is 1.21 bits per heavy atom. The van der Waals surface area contributed by atoms with E-state index in [1.54, 1.807) is 0 Å². The van der Waals surface area contributed by atoms with Gasteiger partial charge in [-0.3, -0.25) is 9.69 Å². The van der Waals surface area contributed by atoms with Crippen LogP contribution in [0.1, 0.15) is 27.7 Å². The van der Waals surface area contributed by atoms with Crippen molar-refractivity contribution in [3.63, 3.8) is 0 Å². The Kier molecular flexibility index (Phi) is 6.23. The van der Waals surface area contributed by atoms with Crippen molar-refractivity contribution in [3.8, 4) is 0 Å². The second kappa shape index (κ2) is 7.22. The predicted molar refractivity (Wildman–Crippen MR) is 79.0 cm³/mol. The fourth-order valence-corrected chi connectivity index (χ4v) is 2.31. The summed E-state index contributed by atoms with van der Waals surface area (Å²) in [5.74, 6) is 0.673. The van der Waals surface area contributed by atoms with Crippen molar-refractivity contribution in [2.45, 2.75) is 33.2 Å². The molecule has 19 heavy (non-hydrogen) atoms. The molecule has 0 bridgehead atoms. The minimum Gasteiger partial charge on any atom is -0.350 e. The molecule has 0 spiro atoms. The topological polar surface area (TPSA) is 61.6 Å². The summed E-state index contributed by atoms with van der Waals surface area (Å²) < 4.78 is 0. The molecule has 0 aliphatic carbocycles.